The average Bonchev–Trinajstić information content (AvgIpc) is 2.55. The lowest BCUT2D eigenvalue weighted by atomic mass is 10.1. The molecule has 2 aromatic rings. The fourth-order valence-electron chi connectivity index (χ4n) is 2.05. The lowest BCUT2D eigenvalue weighted by Crippen LogP contribution is -2.09. The maximum absolute atomic E-state index is 8.42. The van der Waals surface area contributed by atoms with E-state index in [-0.39, 0.29) is 6.10 Å². The van der Waals surface area contributed by atoms with E-state index < -0.39 is 0 Å². The van der Waals surface area contributed by atoms with E-state index in [2.05, 4.69) is 10.0 Å². The van der Waals surface area contributed by atoms with Gasteiger partial charge in [0, 0.05) is 11.5 Å². The Morgan fingerprint density at radius 1 is 1.05 bits per heavy atom. The molecule has 0 bridgehead atoms. The second-order valence-corrected chi connectivity index (χ2v) is 4.41. The van der Waals surface area contributed by atoms with Crippen LogP contribution < -0.4 is 9.47 Å². The summed E-state index contributed by atoms with van der Waals surface area (Å²) in [6, 6.07) is 17.4. The zero-order valence-electron chi connectivity index (χ0n) is 11.8. The van der Waals surface area contributed by atoms with E-state index in [0.29, 0.717) is 24.5 Å². The van der Waals surface area contributed by atoms with Crippen LogP contribution in [0.4, 0.5) is 0 Å². The first-order valence-corrected chi connectivity index (χ1v) is 6.70. The van der Waals surface area contributed by atoms with E-state index in [9.17, 15) is 0 Å². The standard InChI is InChI=1S/C16H17N3O2/c1-20-15-9-5-6-10-16(15)21-14(11-12-18-19-17)13-7-3-2-4-8-13/h2-10,14H,11-12H2,1H3. The van der Waals surface area contributed by atoms with Crippen molar-refractivity contribution in [1.29, 1.82) is 0 Å². The lowest BCUT2D eigenvalue weighted by molar-refractivity contribution is 0.189. The number of benzene rings is 2. The second-order valence-electron chi connectivity index (χ2n) is 4.41. The molecule has 0 N–H and O–H groups in total. The summed E-state index contributed by atoms with van der Waals surface area (Å²) in [4.78, 5) is 2.79. The number of azide groups is 1. The van der Waals surface area contributed by atoms with Gasteiger partial charge in [0.2, 0.25) is 0 Å². The summed E-state index contributed by atoms with van der Waals surface area (Å²) in [5, 5.41) is 3.59. The maximum Gasteiger partial charge on any atom is 0.162 e. The van der Waals surface area contributed by atoms with Crippen molar-refractivity contribution in [1.82, 2.24) is 0 Å². The predicted molar refractivity (Wildman–Crippen MR) is 81.4 cm³/mol. The van der Waals surface area contributed by atoms with Crippen LogP contribution in [0.15, 0.2) is 59.7 Å². The van der Waals surface area contributed by atoms with Crippen molar-refractivity contribution in [3.63, 3.8) is 0 Å². The highest BCUT2D eigenvalue weighted by Gasteiger charge is 2.15. The van der Waals surface area contributed by atoms with E-state index in [1.165, 1.54) is 0 Å². The summed E-state index contributed by atoms with van der Waals surface area (Å²) in [6.07, 6.45) is 0.416. The highest BCUT2D eigenvalue weighted by Crippen LogP contribution is 2.32. The molecule has 0 aliphatic heterocycles. The number of hydrogen-bond acceptors (Lipinski definition) is 3. The van der Waals surface area contributed by atoms with Crippen molar-refractivity contribution in [2.45, 2.75) is 12.5 Å². The number of para-hydroxylation sites is 2. The zero-order valence-corrected chi connectivity index (χ0v) is 11.8. The van der Waals surface area contributed by atoms with Crippen LogP contribution in [0.2, 0.25) is 0 Å². The molecule has 108 valence electrons. The Hall–Kier alpha value is -2.65. The van der Waals surface area contributed by atoms with E-state index in [0.717, 1.165) is 5.56 Å². The fourth-order valence-corrected chi connectivity index (χ4v) is 2.05. The van der Waals surface area contributed by atoms with Gasteiger partial charge in [0.05, 0.1) is 7.11 Å². The van der Waals surface area contributed by atoms with Crippen molar-refractivity contribution in [2.24, 2.45) is 5.11 Å². The van der Waals surface area contributed by atoms with Crippen molar-refractivity contribution < 1.29 is 9.47 Å². The number of ether oxygens (including phenoxy) is 2. The summed E-state index contributed by atoms with van der Waals surface area (Å²) in [5.74, 6) is 1.36. The molecule has 0 aliphatic rings. The summed E-state index contributed by atoms with van der Waals surface area (Å²) in [5.41, 5.74) is 9.46. The van der Waals surface area contributed by atoms with Gasteiger partial charge in [-0.2, -0.15) is 0 Å². The Kier molecular flexibility index (Phi) is 5.50. The summed E-state index contributed by atoms with van der Waals surface area (Å²) in [7, 11) is 1.61. The van der Waals surface area contributed by atoms with Crippen LogP contribution in [-0.4, -0.2) is 13.7 Å². The Morgan fingerprint density at radius 2 is 1.71 bits per heavy atom. The quantitative estimate of drug-likeness (QED) is 0.426. The molecule has 1 atom stereocenters. The van der Waals surface area contributed by atoms with Gasteiger partial charge in [-0.1, -0.05) is 47.6 Å². The van der Waals surface area contributed by atoms with Gasteiger partial charge in [0.25, 0.3) is 0 Å². The van der Waals surface area contributed by atoms with Crippen LogP contribution in [0, 0.1) is 0 Å². The van der Waals surface area contributed by atoms with Gasteiger partial charge in [-0.3, -0.25) is 0 Å². The largest absolute Gasteiger partial charge is 0.493 e. The minimum absolute atomic E-state index is 0.187. The van der Waals surface area contributed by atoms with Crippen molar-refractivity contribution >= 4 is 0 Å². The van der Waals surface area contributed by atoms with Gasteiger partial charge in [0.15, 0.2) is 11.5 Å². The smallest absolute Gasteiger partial charge is 0.162 e. The molecule has 0 heterocycles. The zero-order chi connectivity index (χ0) is 14.9. The highest BCUT2D eigenvalue weighted by atomic mass is 16.5. The van der Waals surface area contributed by atoms with Crippen molar-refractivity contribution in [3.8, 4) is 11.5 Å². The molecule has 0 saturated heterocycles. The molecular formula is C16H17N3O2. The number of methoxy groups -OCH3 is 1. The first-order valence-electron chi connectivity index (χ1n) is 6.70. The molecule has 0 aromatic heterocycles. The molecule has 0 radical (unpaired) electrons. The molecule has 0 saturated carbocycles. The minimum Gasteiger partial charge on any atom is -0.493 e. The molecule has 1 unspecified atom stereocenters. The Balaban J connectivity index is 2.21. The SMILES string of the molecule is COc1ccccc1OC(CCN=[N+]=[N-])c1ccccc1. The Bertz CT molecular complexity index is 610. The molecule has 0 fully saturated rings. The fraction of sp³-hybridized carbons (Fsp3) is 0.250. The molecule has 0 aliphatic carbocycles. The second kappa shape index (κ2) is 7.82. The van der Waals surface area contributed by atoms with Crippen LogP contribution in [0.1, 0.15) is 18.1 Å². The Labute approximate surface area is 123 Å². The maximum atomic E-state index is 8.42. The number of nitrogens with zero attached hydrogens (tertiary/aromatic N) is 3. The van der Waals surface area contributed by atoms with Gasteiger partial charge >= 0.3 is 0 Å². The van der Waals surface area contributed by atoms with Crippen LogP contribution in [0.25, 0.3) is 10.4 Å². The summed E-state index contributed by atoms with van der Waals surface area (Å²) in [6.45, 7) is 0.380. The third-order valence-electron chi connectivity index (χ3n) is 3.06. The molecule has 2 aromatic carbocycles. The average molecular weight is 283 g/mol. The van der Waals surface area contributed by atoms with Crippen LogP contribution in [0.5, 0.6) is 11.5 Å². The van der Waals surface area contributed by atoms with Crippen LogP contribution in [0.3, 0.4) is 0 Å². The summed E-state index contributed by atoms with van der Waals surface area (Å²) < 4.78 is 11.4. The van der Waals surface area contributed by atoms with Crippen molar-refractivity contribution in [2.75, 3.05) is 13.7 Å². The van der Waals surface area contributed by atoms with Crippen molar-refractivity contribution in [3.05, 3.63) is 70.6 Å². The number of hydrogen-bond donors (Lipinski definition) is 0. The van der Waals surface area contributed by atoms with Crippen LogP contribution >= 0.6 is 0 Å². The first-order chi connectivity index (χ1) is 10.3. The molecular weight excluding hydrogens is 266 g/mol. The highest BCUT2D eigenvalue weighted by molar-refractivity contribution is 5.40. The normalized spacial score (nSPS) is 11.3. The molecule has 5 heteroatoms. The van der Waals surface area contributed by atoms with E-state index >= 15 is 0 Å². The van der Waals surface area contributed by atoms with E-state index in [1.54, 1.807) is 7.11 Å². The number of rotatable bonds is 7. The first kappa shape index (κ1) is 14.8. The minimum atomic E-state index is -0.187. The molecule has 5 nitrogen and oxygen atoms in total. The van der Waals surface area contributed by atoms with Gasteiger partial charge in [0.1, 0.15) is 6.10 Å². The van der Waals surface area contributed by atoms with Gasteiger partial charge < -0.3 is 9.47 Å². The Morgan fingerprint density at radius 3 is 2.38 bits per heavy atom. The third-order valence-corrected chi connectivity index (χ3v) is 3.06. The van der Waals surface area contributed by atoms with Gasteiger partial charge in [-0.15, -0.1) is 0 Å². The predicted octanol–water partition coefficient (Wildman–Crippen LogP) is 4.52. The molecule has 2 rings (SSSR count). The molecule has 0 spiro atoms. The van der Waals surface area contributed by atoms with E-state index in [1.807, 2.05) is 54.6 Å². The summed E-state index contributed by atoms with van der Waals surface area (Å²) >= 11 is 0. The van der Waals surface area contributed by atoms with Crippen LogP contribution in [-0.2, 0) is 0 Å². The lowest BCUT2D eigenvalue weighted by Gasteiger charge is -2.20. The third kappa shape index (κ3) is 4.16. The topological polar surface area (TPSA) is 67.2 Å². The van der Waals surface area contributed by atoms with Gasteiger partial charge in [-0.25, -0.2) is 0 Å². The van der Waals surface area contributed by atoms with Gasteiger partial charge in [-0.05, 0) is 29.6 Å². The van der Waals surface area contributed by atoms with E-state index in [4.69, 9.17) is 15.0 Å². The monoisotopic (exact) mass is 283 g/mol. The molecule has 21 heavy (non-hydrogen) atoms. The molecule has 0 amide bonds.